The van der Waals surface area contributed by atoms with Crippen LogP contribution in [0.4, 0.5) is 0 Å². The molecule has 2 heterocycles. The summed E-state index contributed by atoms with van der Waals surface area (Å²) in [4.78, 5) is 19.5. The van der Waals surface area contributed by atoms with Crippen LogP contribution in [0.15, 0.2) is 48.7 Å². The smallest absolute Gasteiger partial charge is 0.340 e. The Morgan fingerprint density at radius 3 is 2.73 bits per heavy atom. The van der Waals surface area contributed by atoms with Gasteiger partial charge in [0.25, 0.3) is 0 Å². The highest BCUT2D eigenvalue weighted by Crippen LogP contribution is 2.32. The first-order valence-electron chi connectivity index (χ1n) is 8.51. The van der Waals surface area contributed by atoms with E-state index in [9.17, 15) is 15.0 Å². The second kappa shape index (κ2) is 6.19. The van der Waals surface area contributed by atoms with E-state index in [1.165, 1.54) is 0 Å². The zero-order chi connectivity index (χ0) is 18.3. The van der Waals surface area contributed by atoms with Crippen LogP contribution in [0.5, 0.6) is 5.75 Å². The summed E-state index contributed by atoms with van der Waals surface area (Å²) in [5.74, 6) is -1.42. The molecule has 0 bridgehead atoms. The van der Waals surface area contributed by atoms with Crippen molar-refractivity contribution >= 4 is 27.8 Å². The van der Waals surface area contributed by atoms with Crippen LogP contribution in [-0.2, 0) is 12.8 Å². The van der Waals surface area contributed by atoms with Crippen LogP contribution in [0.25, 0.3) is 21.8 Å². The zero-order valence-electron chi connectivity index (χ0n) is 14.3. The van der Waals surface area contributed by atoms with Gasteiger partial charge < -0.3 is 15.2 Å². The van der Waals surface area contributed by atoms with Crippen LogP contribution in [0.2, 0.25) is 0 Å². The monoisotopic (exact) mass is 346 g/mol. The molecule has 0 aliphatic carbocycles. The van der Waals surface area contributed by atoms with E-state index in [2.05, 4.69) is 9.97 Å². The summed E-state index contributed by atoms with van der Waals surface area (Å²) in [5, 5.41) is 21.7. The minimum atomic E-state index is -1.15. The summed E-state index contributed by atoms with van der Waals surface area (Å²) in [5.41, 5.74) is 3.90. The molecule has 5 nitrogen and oxygen atoms in total. The number of pyridine rings is 1. The molecule has 5 heteroatoms. The third kappa shape index (κ3) is 2.58. The van der Waals surface area contributed by atoms with Crippen molar-refractivity contribution in [1.29, 1.82) is 0 Å². The molecule has 2 aromatic carbocycles. The van der Waals surface area contributed by atoms with Gasteiger partial charge in [-0.3, -0.25) is 0 Å². The van der Waals surface area contributed by atoms with Crippen molar-refractivity contribution in [1.82, 2.24) is 9.97 Å². The maximum Gasteiger partial charge on any atom is 0.340 e. The summed E-state index contributed by atoms with van der Waals surface area (Å²) < 4.78 is 0. The lowest BCUT2D eigenvalue weighted by molar-refractivity contribution is 0.0695. The number of H-pyrrole nitrogens is 1. The lowest BCUT2D eigenvalue weighted by Gasteiger charge is -2.11. The molecule has 130 valence electrons. The highest BCUT2D eigenvalue weighted by molar-refractivity contribution is 6.05. The first-order valence-corrected chi connectivity index (χ1v) is 8.51. The third-order valence-electron chi connectivity index (χ3n) is 4.75. The van der Waals surface area contributed by atoms with Gasteiger partial charge in [0.2, 0.25) is 0 Å². The summed E-state index contributed by atoms with van der Waals surface area (Å²) in [6.45, 7) is 2.03. The number of nitrogens with zero attached hydrogens (tertiary/aromatic N) is 1. The molecule has 26 heavy (non-hydrogen) atoms. The molecule has 0 atom stereocenters. The lowest BCUT2D eigenvalue weighted by Crippen LogP contribution is -2.04. The Kier molecular flexibility index (Phi) is 3.84. The van der Waals surface area contributed by atoms with Crippen molar-refractivity contribution in [2.24, 2.45) is 0 Å². The number of hydrogen-bond acceptors (Lipinski definition) is 3. The van der Waals surface area contributed by atoms with Crippen LogP contribution in [0, 0.1) is 0 Å². The first-order chi connectivity index (χ1) is 12.6. The molecule has 0 unspecified atom stereocenters. The fourth-order valence-electron chi connectivity index (χ4n) is 3.37. The highest BCUT2D eigenvalue weighted by atomic mass is 16.4. The highest BCUT2D eigenvalue weighted by Gasteiger charge is 2.21. The molecule has 0 saturated carbocycles. The van der Waals surface area contributed by atoms with Gasteiger partial charge in [-0.25, -0.2) is 9.78 Å². The number of para-hydroxylation sites is 1. The normalized spacial score (nSPS) is 11.3. The largest absolute Gasteiger partial charge is 0.505 e. The number of hydrogen-bond donors (Lipinski definition) is 3. The van der Waals surface area contributed by atoms with Crippen LogP contribution in [0.3, 0.4) is 0 Å². The zero-order valence-corrected chi connectivity index (χ0v) is 14.3. The van der Waals surface area contributed by atoms with Crippen LogP contribution >= 0.6 is 0 Å². The van der Waals surface area contributed by atoms with Crippen molar-refractivity contribution in [3.8, 4) is 5.75 Å². The maximum absolute atomic E-state index is 11.8. The Morgan fingerprint density at radius 1 is 1.15 bits per heavy atom. The summed E-state index contributed by atoms with van der Waals surface area (Å²) in [7, 11) is 0. The van der Waals surface area contributed by atoms with Crippen LogP contribution < -0.4 is 0 Å². The Labute approximate surface area is 149 Å². The molecule has 4 rings (SSSR count). The van der Waals surface area contributed by atoms with Crippen LogP contribution in [0.1, 0.15) is 34.1 Å². The molecule has 3 N–H and O–H groups in total. The van der Waals surface area contributed by atoms with Gasteiger partial charge in [-0.15, -0.1) is 0 Å². The number of aryl methyl sites for hydroxylation is 1. The van der Waals surface area contributed by atoms with Gasteiger partial charge >= 0.3 is 5.97 Å². The van der Waals surface area contributed by atoms with E-state index in [-0.39, 0.29) is 11.3 Å². The minimum absolute atomic E-state index is 0.0903. The number of aromatic carboxylic acids is 1. The van der Waals surface area contributed by atoms with E-state index >= 15 is 0 Å². The molecule has 2 aromatic heterocycles. The van der Waals surface area contributed by atoms with Crippen molar-refractivity contribution < 1.29 is 15.0 Å². The predicted octanol–water partition coefficient (Wildman–Crippen LogP) is 4.27. The number of nitrogens with one attached hydrogen (secondary N) is 1. The Hall–Kier alpha value is -3.34. The molecule has 0 radical (unpaired) electrons. The number of aromatic hydroxyl groups is 1. The van der Waals surface area contributed by atoms with Gasteiger partial charge in [0.1, 0.15) is 5.56 Å². The van der Waals surface area contributed by atoms with Crippen LogP contribution in [-0.4, -0.2) is 26.2 Å². The number of rotatable bonds is 4. The number of benzene rings is 2. The predicted molar refractivity (Wildman–Crippen MR) is 101 cm³/mol. The first kappa shape index (κ1) is 16.1. The van der Waals surface area contributed by atoms with Crippen molar-refractivity contribution in [3.05, 3.63) is 71.0 Å². The average Bonchev–Trinajstić information content (AvgIpc) is 3.05. The summed E-state index contributed by atoms with van der Waals surface area (Å²) in [6.07, 6.45) is 3.06. The molecule has 0 aliphatic heterocycles. The molecule has 0 spiro atoms. The minimum Gasteiger partial charge on any atom is -0.505 e. The van der Waals surface area contributed by atoms with Gasteiger partial charge in [0, 0.05) is 28.9 Å². The number of carboxylic acids is 1. The number of aromatic nitrogens is 2. The number of fused-ring (bicyclic) bond motifs is 2. The Morgan fingerprint density at radius 2 is 1.96 bits per heavy atom. The maximum atomic E-state index is 11.8. The molecule has 4 aromatic rings. The summed E-state index contributed by atoms with van der Waals surface area (Å²) in [6, 6.07) is 13.3. The topological polar surface area (TPSA) is 86.2 Å². The number of carboxylic acid groups (broad SMARTS) is 1. The van der Waals surface area contributed by atoms with E-state index in [4.69, 9.17) is 0 Å². The standard InChI is InChI=1S/C21H18N2O3/c1-2-12-7-8-15-17(9-12)23-18(20(24)19(15)21(25)26)10-13-11-22-16-6-4-3-5-14(13)16/h3-9,11,22,24H,2,10H2,1H3,(H,25,26). The third-order valence-corrected chi connectivity index (χ3v) is 4.75. The van der Waals surface area contributed by atoms with Gasteiger partial charge in [0.15, 0.2) is 5.75 Å². The van der Waals surface area contributed by atoms with Crippen molar-refractivity contribution in [2.45, 2.75) is 19.8 Å². The molecule has 0 aliphatic rings. The SMILES string of the molecule is CCc1ccc2c(C(=O)O)c(O)c(Cc3c[nH]c4ccccc34)nc2c1. The second-order valence-electron chi connectivity index (χ2n) is 6.33. The number of carbonyl (C=O) groups is 1. The van der Waals surface area contributed by atoms with Gasteiger partial charge in [-0.2, -0.15) is 0 Å². The molecule has 0 saturated heterocycles. The lowest BCUT2D eigenvalue weighted by atomic mass is 10.0. The van der Waals surface area contributed by atoms with Crippen molar-refractivity contribution in [3.63, 3.8) is 0 Å². The van der Waals surface area contributed by atoms with Crippen molar-refractivity contribution in [2.75, 3.05) is 0 Å². The summed E-state index contributed by atoms with van der Waals surface area (Å²) >= 11 is 0. The fraction of sp³-hybridized carbons (Fsp3) is 0.143. The second-order valence-corrected chi connectivity index (χ2v) is 6.33. The van der Waals surface area contributed by atoms with E-state index < -0.39 is 5.97 Å². The van der Waals surface area contributed by atoms with E-state index in [0.717, 1.165) is 28.5 Å². The molecule has 0 amide bonds. The average molecular weight is 346 g/mol. The van der Waals surface area contributed by atoms with Gasteiger partial charge in [0.05, 0.1) is 11.2 Å². The Balaban J connectivity index is 1.91. The molecular formula is C21H18N2O3. The number of aromatic amines is 1. The van der Waals surface area contributed by atoms with E-state index in [1.807, 2.05) is 49.5 Å². The van der Waals surface area contributed by atoms with E-state index in [1.54, 1.807) is 6.07 Å². The Bertz CT molecular complexity index is 1140. The quantitative estimate of drug-likeness (QED) is 0.515. The van der Waals surface area contributed by atoms with E-state index in [0.29, 0.717) is 23.0 Å². The molecular weight excluding hydrogens is 328 g/mol. The molecule has 0 fully saturated rings. The van der Waals surface area contributed by atoms with Gasteiger partial charge in [-0.1, -0.05) is 37.3 Å². The fourth-order valence-corrected chi connectivity index (χ4v) is 3.37. The van der Waals surface area contributed by atoms with Gasteiger partial charge in [-0.05, 0) is 29.7 Å².